The lowest BCUT2D eigenvalue weighted by atomic mass is 10.0. The number of likely N-dealkylation sites (tertiary alicyclic amines) is 1. The van der Waals surface area contributed by atoms with Gasteiger partial charge in [-0.1, -0.05) is 6.07 Å². The molecule has 0 aliphatic carbocycles. The summed E-state index contributed by atoms with van der Waals surface area (Å²) in [7, 11) is 0. The second kappa shape index (κ2) is 7.88. The number of pyridine rings is 2. The normalized spacial score (nSPS) is 14.9. The van der Waals surface area contributed by atoms with Gasteiger partial charge in [0.1, 0.15) is 17.2 Å². The van der Waals surface area contributed by atoms with Gasteiger partial charge in [-0.15, -0.1) is 0 Å². The van der Waals surface area contributed by atoms with Crippen LogP contribution in [0.5, 0.6) is 11.5 Å². The number of hydrogen-bond acceptors (Lipinski definition) is 6. The number of fused-ring (bicyclic) bond motifs is 1. The van der Waals surface area contributed by atoms with Crippen LogP contribution in [0.15, 0.2) is 54.9 Å². The van der Waals surface area contributed by atoms with Crippen LogP contribution in [0.25, 0.3) is 22.6 Å². The van der Waals surface area contributed by atoms with E-state index >= 15 is 0 Å². The molecule has 160 valence electrons. The predicted octanol–water partition coefficient (Wildman–Crippen LogP) is 4.33. The van der Waals surface area contributed by atoms with Crippen LogP contribution in [0.1, 0.15) is 37.1 Å². The van der Waals surface area contributed by atoms with Crippen molar-refractivity contribution in [2.45, 2.75) is 32.7 Å². The van der Waals surface area contributed by atoms with Crippen molar-refractivity contribution >= 4 is 22.8 Å². The van der Waals surface area contributed by atoms with E-state index in [1.807, 2.05) is 56.3 Å². The number of hydrogen-bond donors (Lipinski definition) is 1. The van der Waals surface area contributed by atoms with Crippen LogP contribution in [0.3, 0.4) is 0 Å². The molecule has 4 aromatic rings. The Hall–Kier alpha value is -4.07. The van der Waals surface area contributed by atoms with E-state index in [0.29, 0.717) is 34.1 Å². The number of imidazole rings is 1. The Morgan fingerprint density at radius 2 is 1.88 bits per heavy atom. The van der Waals surface area contributed by atoms with Gasteiger partial charge in [-0.25, -0.2) is 4.98 Å². The lowest BCUT2D eigenvalue weighted by Gasteiger charge is -2.24. The third-order valence-corrected chi connectivity index (χ3v) is 5.56. The number of amides is 2. The minimum Gasteiger partial charge on any atom is -0.455 e. The van der Waals surface area contributed by atoms with Crippen molar-refractivity contribution in [1.82, 2.24) is 24.8 Å². The van der Waals surface area contributed by atoms with Crippen molar-refractivity contribution in [2.24, 2.45) is 0 Å². The molecule has 0 spiro atoms. The molecule has 3 aromatic heterocycles. The predicted molar refractivity (Wildman–Crippen MR) is 118 cm³/mol. The number of aromatic amines is 1. The minimum atomic E-state index is -0.489. The number of aryl methyl sites for hydroxylation is 1. The molecule has 1 atom stereocenters. The molecule has 1 aliphatic heterocycles. The number of ether oxygens (including phenoxy) is 1. The Balaban J connectivity index is 1.62. The number of carbonyl (C=O) groups excluding carboxylic acids is 2. The summed E-state index contributed by atoms with van der Waals surface area (Å²) < 4.78 is 6.16. The van der Waals surface area contributed by atoms with Gasteiger partial charge >= 0.3 is 0 Å². The summed E-state index contributed by atoms with van der Waals surface area (Å²) in [6.07, 6.45) is 3.82. The minimum absolute atomic E-state index is 0.177. The topological polar surface area (TPSA) is 101 Å². The van der Waals surface area contributed by atoms with Crippen LogP contribution in [-0.2, 0) is 9.59 Å². The number of H-pyrrole nitrogens is 1. The SMILES string of the molecule is Cc1ccc(Oc2cc3nc(-c4ccccn4)[nH]c3cc2C(C)N2C(=O)CCC2=O)cn1. The van der Waals surface area contributed by atoms with Crippen LogP contribution < -0.4 is 4.74 Å². The standard InChI is InChI=1S/C24H21N5O3/c1-14-6-7-16(13-26-14)32-21-12-20-19(27-24(28-20)18-5-3-4-10-25-18)11-17(21)15(2)29-22(30)8-9-23(29)31/h3-7,10-13,15H,8-9H2,1-2H3,(H,27,28). The van der Waals surface area contributed by atoms with Crippen molar-refractivity contribution in [2.75, 3.05) is 0 Å². The first-order valence-corrected chi connectivity index (χ1v) is 10.4. The summed E-state index contributed by atoms with van der Waals surface area (Å²) in [5, 5.41) is 0. The van der Waals surface area contributed by atoms with Crippen LogP contribution in [0.4, 0.5) is 0 Å². The Morgan fingerprint density at radius 1 is 1.06 bits per heavy atom. The fourth-order valence-electron chi connectivity index (χ4n) is 3.90. The molecule has 5 rings (SSSR count). The van der Waals surface area contributed by atoms with E-state index in [2.05, 4.69) is 19.9 Å². The molecule has 1 aliphatic rings. The molecule has 1 saturated heterocycles. The Morgan fingerprint density at radius 3 is 2.56 bits per heavy atom. The van der Waals surface area contributed by atoms with E-state index in [9.17, 15) is 9.59 Å². The molecular weight excluding hydrogens is 406 g/mol. The fraction of sp³-hybridized carbons (Fsp3) is 0.208. The smallest absolute Gasteiger partial charge is 0.230 e. The molecule has 1 fully saturated rings. The summed E-state index contributed by atoms with van der Waals surface area (Å²) in [5.74, 6) is 1.35. The zero-order chi connectivity index (χ0) is 22.2. The van der Waals surface area contributed by atoms with Crippen LogP contribution in [0, 0.1) is 6.92 Å². The van der Waals surface area contributed by atoms with Crippen LogP contribution in [-0.4, -0.2) is 36.7 Å². The lowest BCUT2D eigenvalue weighted by Crippen LogP contribution is -2.32. The maximum absolute atomic E-state index is 12.4. The van der Waals surface area contributed by atoms with E-state index < -0.39 is 6.04 Å². The summed E-state index contributed by atoms with van der Waals surface area (Å²) in [4.78, 5) is 42.7. The van der Waals surface area contributed by atoms with Gasteiger partial charge in [-0.3, -0.25) is 24.5 Å². The molecule has 8 nitrogen and oxygen atoms in total. The number of nitrogens with one attached hydrogen (secondary N) is 1. The van der Waals surface area contributed by atoms with Crippen molar-refractivity contribution in [3.8, 4) is 23.0 Å². The summed E-state index contributed by atoms with van der Waals surface area (Å²) in [6, 6.07) is 12.5. The van der Waals surface area contributed by atoms with E-state index in [1.54, 1.807) is 12.4 Å². The Kier molecular flexibility index (Phi) is 4.89. The first-order valence-electron chi connectivity index (χ1n) is 10.4. The van der Waals surface area contributed by atoms with Gasteiger partial charge < -0.3 is 9.72 Å². The van der Waals surface area contributed by atoms with Crippen LogP contribution in [0.2, 0.25) is 0 Å². The first-order chi connectivity index (χ1) is 15.5. The van der Waals surface area contributed by atoms with Gasteiger partial charge in [0, 0.05) is 36.4 Å². The highest BCUT2D eigenvalue weighted by Gasteiger charge is 2.35. The van der Waals surface area contributed by atoms with Crippen molar-refractivity contribution < 1.29 is 14.3 Å². The first kappa shape index (κ1) is 19.9. The average Bonchev–Trinajstić information content (AvgIpc) is 3.37. The van der Waals surface area contributed by atoms with Gasteiger partial charge in [0.05, 0.1) is 23.3 Å². The van der Waals surface area contributed by atoms with Gasteiger partial charge in [-0.2, -0.15) is 0 Å². The molecule has 0 radical (unpaired) electrons. The van der Waals surface area contributed by atoms with Gasteiger partial charge in [-0.05, 0) is 44.2 Å². The van der Waals surface area contributed by atoms with E-state index in [1.165, 1.54) is 4.90 Å². The molecule has 2 amide bonds. The zero-order valence-corrected chi connectivity index (χ0v) is 17.7. The molecule has 1 N–H and O–H groups in total. The number of aromatic nitrogens is 4. The van der Waals surface area contributed by atoms with Gasteiger partial charge in [0.15, 0.2) is 5.82 Å². The molecule has 4 heterocycles. The Bertz CT molecular complexity index is 1300. The number of benzene rings is 1. The summed E-state index contributed by atoms with van der Waals surface area (Å²) >= 11 is 0. The van der Waals surface area contributed by atoms with E-state index in [-0.39, 0.29) is 24.7 Å². The molecule has 1 unspecified atom stereocenters. The highest BCUT2D eigenvalue weighted by molar-refractivity contribution is 6.02. The van der Waals surface area contributed by atoms with E-state index in [4.69, 9.17) is 4.74 Å². The van der Waals surface area contributed by atoms with Crippen molar-refractivity contribution in [3.63, 3.8) is 0 Å². The van der Waals surface area contributed by atoms with Gasteiger partial charge in [0.2, 0.25) is 11.8 Å². The largest absolute Gasteiger partial charge is 0.455 e. The molecule has 0 bridgehead atoms. The third-order valence-electron chi connectivity index (χ3n) is 5.56. The van der Waals surface area contributed by atoms with Crippen LogP contribution >= 0.6 is 0 Å². The monoisotopic (exact) mass is 427 g/mol. The highest BCUT2D eigenvalue weighted by Crippen LogP contribution is 2.37. The number of nitrogens with zero attached hydrogens (tertiary/aromatic N) is 4. The molecular formula is C24H21N5O3. The van der Waals surface area contributed by atoms with E-state index in [0.717, 1.165) is 11.2 Å². The highest BCUT2D eigenvalue weighted by atomic mass is 16.5. The third kappa shape index (κ3) is 3.60. The summed E-state index contributed by atoms with van der Waals surface area (Å²) in [6.45, 7) is 3.73. The second-order valence-corrected chi connectivity index (χ2v) is 7.78. The quantitative estimate of drug-likeness (QED) is 0.476. The van der Waals surface area contributed by atoms with Crippen molar-refractivity contribution in [3.05, 3.63) is 66.1 Å². The average molecular weight is 427 g/mol. The zero-order valence-electron chi connectivity index (χ0n) is 17.7. The number of carbonyl (C=O) groups is 2. The second-order valence-electron chi connectivity index (χ2n) is 7.78. The van der Waals surface area contributed by atoms with Gasteiger partial charge in [0.25, 0.3) is 0 Å². The maximum atomic E-state index is 12.4. The summed E-state index contributed by atoms with van der Waals surface area (Å²) in [5.41, 5.74) is 3.75. The fourth-order valence-corrected chi connectivity index (χ4v) is 3.90. The molecule has 1 aromatic carbocycles. The molecule has 32 heavy (non-hydrogen) atoms. The maximum Gasteiger partial charge on any atom is 0.230 e. The molecule has 8 heteroatoms. The van der Waals surface area contributed by atoms with Crippen molar-refractivity contribution in [1.29, 1.82) is 0 Å². The number of rotatable bonds is 5. The lowest BCUT2D eigenvalue weighted by molar-refractivity contribution is -0.140. The Labute approximate surface area is 184 Å². The molecule has 0 saturated carbocycles. The number of imide groups is 1.